The summed E-state index contributed by atoms with van der Waals surface area (Å²) in [4.78, 5) is 25.4. The van der Waals surface area contributed by atoms with Gasteiger partial charge in [0, 0.05) is 12.1 Å². The zero-order valence-corrected chi connectivity index (χ0v) is 13.7. The van der Waals surface area contributed by atoms with Crippen LogP contribution in [-0.4, -0.2) is 44.0 Å². The van der Waals surface area contributed by atoms with Crippen LogP contribution in [-0.2, 0) is 9.53 Å². The highest BCUT2D eigenvalue weighted by Gasteiger charge is 2.38. The van der Waals surface area contributed by atoms with E-state index in [-0.39, 0.29) is 12.6 Å². The molecule has 1 aromatic carbocycles. The number of benzene rings is 1. The van der Waals surface area contributed by atoms with Crippen LogP contribution in [0.5, 0.6) is 11.5 Å². The molecule has 1 aliphatic heterocycles. The van der Waals surface area contributed by atoms with Crippen molar-refractivity contribution in [2.75, 3.05) is 25.7 Å². The van der Waals surface area contributed by atoms with Crippen LogP contribution < -0.4 is 14.4 Å². The monoisotopic (exact) mass is 323 g/mol. The van der Waals surface area contributed by atoms with E-state index in [1.807, 2.05) is 0 Å². The van der Waals surface area contributed by atoms with Crippen LogP contribution >= 0.6 is 0 Å². The molecule has 7 nitrogen and oxygen atoms in total. The molecule has 1 aliphatic rings. The molecule has 0 saturated carbocycles. The van der Waals surface area contributed by atoms with E-state index < -0.39 is 18.0 Å². The van der Waals surface area contributed by atoms with Crippen molar-refractivity contribution in [1.82, 2.24) is 0 Å². The Balaban J connectivity index is 2.62. The predicted molar refractivity (Wildman–Crippen MR) is 83.5 cm³/mol. The molecule has 2 atom stereocenters. The Kier molecular flexibility index (Phi) is 4.98. The number of carboxylic acids is 1. The van der Waals surface area contributed by atoms with Crippen LogP contribution in [0.15, 0.2) is 12.1 Å². The minimum Gasteiger partial charge on any atom is -0.493 e. The third-order valence-corrected chi connectivity index (χ3v) is 3.95. The molecule has 0 aromatic heterocycles. The largest absolute Gasteiger partial charge is 0.493 e. The Morgan fingerprint density at radius 3 is 2.39 bits per heavy atom. The fourth-order valence-corrected chi connectivity index (χ4v) is 2.89. The molecule has 23 heavy (non-hydrogen) atoms. The molecule has 1 aromatic rings. The lowest BCUT2D eigenvalue weighted by Gasteiger charge is -2.37. The van der Waals surface area contributed by atoms with Gasteiger partial charge in [0.05, 0.1) is 32.4 Å². The smallest absolute Gasteiger partial charge is 0.414 e. The standard InChI is InChI=1S/C16H21NO6/c1-5-23-16(20)17-9(2)6-11(15(18)19)10-7-13(21-3)14(22-4)8-12(10)17/h7-9,11H,5-6H2,1-4H3,(H,18,19)/t9-,11-/m0/s1. The van der Waals surface area contributed by atoms with Crippen molar-refractivity contribution in [1.29, 1.82) is 0 Å². The van der Waals surface area contributed by atoms with Crippen LogP contribution in [0.4, 0.5) is 10.5 Å². The highest BCUT2D eigenvalue weighted by molar-refractivity contribution is 5.93. The van der Waals surface area contributed by atoms with Crippen molar-refractivity contribution in [3.8, 4) is 11.5 Å². The molecular formula is C16H21NO6. The van der Waals surface area contributed by atoms with Crippen LogP contribution in [0.3, 0.4) is 0 Å². The normalized spacial score (nSPS) is 19.7. The molecule has 0 saturated heterocycles. The molecule has 0 bridgehead atoms. The van der Waals surface area contributed by atoms with Gasteiger partial charge in [0.15, 0.2) is 11.5 Å². The van der Waals surface area contributed by atoms with Crippen molar-refractivity contribution in [3.63, 3.8) is 0 Å². The van der Waals surface area contributed by atoms with Gasteiger partial charge in [-0.25, -0.2) is 4.79 Å². The summed E-state index contributed by atoms with van der Waals surface area (Å²) in [6, 6.07) is 2.93. The number of carbonyl (C=O) groups excluding carboxylic acids is 1. The Hall–Kier alpha value is -2.44. The van der Waals surface area contributed by atoms with Gasteiger partial charge in [-0.05, 0) is 31.9 Å². The molecular weight excluding hydrogens is 302 g/mol. The quantitative estimate of drug-likeness (QED) is 0.917. The van der Waals surface area contributed by atoms with Crippen molar-refractivity contribution >= 4 is 17.7 Å². The summed E-state index contributed by atoms with van der Waals surface area (Å²) >= 11 is 0. The number of amides is 1. The summed E-state index contributed by atoms with van der Waals surface area (Å²) in [5, 5.41) is 9.51. The highest BCUT2D eigenvalue weighted by Crippen LogP contribution is 2.44. The fraction of sp³-hybridized carbons (Fsp3) is 0.500. The Morgan fingerprint density at radius 2 is 1.87 bits per heavy atom. The number of aliphatic carboxylic acids is 1. The number of carboxylic acid groups (broad SMARTS) is 1. The van der Waals surface area contributed by atoms with Crippen LogP contribution in [0.25, 0.3) is 0 Å². The van der Waals surface area contributed by atoms with Crippen molar-refractivity contribution in [3.05, 3.63) is 17.7 Å². The lowest BCUT2D eigenvalue weighted by molar-refractivity contribution is -0.139. The molecule has 0 spiro atoms. The fourth-order valence-electron chi connectivity index (χ4n) is 2.89. The zero-order valence-electron chi connectivity index (χ0n) is 13.7. The average Bonchev–Trinajstić information content (AvgIpc) is 2.52. The summed E-state index contributed by atoms with van der Waals surface area (Å²) in [6.45, 7) is 3.77. The van der Waals surface area contributed by atoms with Crippen LogP contribution in [0.1, 0.15) is 31.7 Å². The van der Waals surface area contributed by atoms with Crippen LogP contribution in [0.2, 0.25) is 0 Å². The highest BCUT2D eigenvalue weighted by atomic mass is 16.6. The van der Waals surface area contributed by atoms with E-state index in [2.05, 4.69) is 0 Å². The van der Waals surface area contributed by atoms with E-state index in [4.69, 9.17) is 14.2 Å². The van der Waals surface area contributed by atoms with Gasteiger partial charge in [0.25, 0.3) is 0 Å². The minimum absolute atomic E-state index is 0.243. The Bertz CT molecular complexity index is 615. The summed E-state index contributed by atoms with van der Waals surface area (Å²) in [5.41, 5.74) is 0.994. The predicted octanol–water partition coefficient (Wildman–Crippen LogP) is 2.63. The second-order valence-corrected chi connectivity index (χ2v) is 5.31. The van der Waals surface area contributed by atoms with E-state index >= 15 is 0 Å². The van der Waals surface area contributed by atoms with Gasteiger partial charge in [-0.3, -0.25) is 9.69 Å². The SMILES string of the molecule is CCOC(=O)N1c2cc(OC)c(OC)cc2[C@@H](C(=O)O)C[C@@H]1C. The number of ether oxygens (including phenoxy) is 3. The van der Waals surface area contributed by atoms with Gasteiger partial charge < -0.3 is 19.3 Å². The second-order valence-electron chi connectivity index (χ2n) is 5.31. The van der Waals surface area contributed by atoms with Gasteiger partial charge >= 0.3 is 12.1 Å². The van der Waals surface area contributed by atoms with Crippen molar-refractivity contribution in [2.24, 2.45) is 0 Å². The average molecular weight is 323 g/mol. The third kappa shape index (κ3) is 3.04. The van der Waals surface area contributed by atoms with E-state index in [0.717, 1.165) is 0 Å². The first-order valence-electron chi connectivity index (χ1n) is 7.39. The van der Waals surface area contributed by atoms with Gasteiger partial charge in [0.1, 0.15) is 0 Å². The number of fused-ring (bicyclic) bond motifs is 1. The molecule has 0 fully saturated rings. The minimum atomic E-state index is -0.936. The maximum absolute atomic E-state index is 12.3. The van der Waals surface area contributed by atoms with Crippen LogP contribution in [0, 0.1) is 0 Å². The van der Waals surface area contributed by atoms with Crippen molar-refractivity contribution in [2.45, 2.75) is 32.2 Å². The summed E-state index contributed by atoms with van der Waals surface area (Å²) in [5.74, 6) is -0.797. The maximum Gasteiger partial charge on any atom is 0.414 e. The van der Waals surface area contributed by atoms with E-state index in [1.54, 1.807) is 26.0 Å². The van der Waals surface area contributed by atoms with Crippen molar-refractivity contribution < 1.29 is 28.9 Å². The summed E-state index contributed by atoms with van der Waals surface area (Å²) in [6.07, 6.45) is -0.200. The lowest BCUT2D eigenvalue weighted by Crippen LogP contribution is -2.44. The number of anilines is 1. The summed E-state index contributed by atoms with van der Waals surface area (Å²) < 4.78 is 15.6. The molecule has 0 radical (unpaired) electrons. The molecule has 126 valence electrons. The molecule has 2 rings (SSSR count). The van der Waals surface area contributed by atoms with Gasteiger partial charge in [-0.1, -0.05) is 0 Å². The molecule has 7 heteroatoms. The number of carbonyl (C=O) groups is 2. The second kappa shape index (κ2) is 6.76. The molecule has 1 amide bonds. The first-order chi connectivity index (χ1) is 10.9. The van der Waals surface area contributed by atoms with E-state index in [9.17, 15) is 14.7 Å². The van der Waals surface area contributed by atoms with Gasteiger partial charge in [-0.15, -0.1) is 0 Å². The first-order valence-corrected chi connectivity index (χ1v) is 7.39. The molecule has 0 aliphatic carbocycles. The Labute approximate surface area is 134 Å². The van der Waals surface area contributed by atoms with Gasteiger partial charge in [-0.2, -0.15) is 0 Å². The number of nitrogens with zero attached hydrogens (tertiary/aromatic N) is 1. The number of rotatable bonds is 4. The summed E-state index contributed by atoms with van der Waals surface area (Å²) in [7, 11) is 2.97. The third-order valence-electron chi connectivity index (χ3n) is 3.95. The molecule has 1 N–H and O–H groups in total. The lowest BCUT2D eigenvalue weighted by atomic mass is 9.86. The van der Waals surface area contributed by atoms with E-state index in [0.29, 0.717) is 29.2 Å². The van der Waals surface area contributed by atoms with E-state index in [1.165, 1.54) is 19.1 Å². The van der Waals surface area contributed by atoms with Gasteiger partial charge in [0.2, 0.25) is 0 Å². The maximum atomic E-state index is 12.3. The number of hydrogen-bond donors (Lipinski definition) is 1. The first kappa shape index (κ1) is 16.9. The number of methoxy groups -OCH3 is 2. The zero-order chi connectivity index (χ0) is 17.1. The number of hydrogen-bond acceptors (Lipinski definition) is 5. The topological polar surface area (TPSA) is 85.3 Å². The molecule has 1 heterocycles. The molecule has 0 unspecified atom stereocenters. The Morgan fingerprint density at radius 1 is 1.26 bits per heavy atom.